The summed E-state index contributed by atoms with van der Waals surface area (Å²) in [7, 11) is 1.42. The number of ether oxygens (including phenoxy) is 1. The first-order valence-corrected chi connectivity index (χ1v) is 8.99. The smallest absolute Gasteiger partial charge is 0.271 e. The lowest BCUT2D eigenvalue weighted by Gasteiger charge is -2.12. The molecule has 3 rings (SSSR count). The van der Waals surface area contributed by atoms with Gasteiger partial charge in [0.25, 0.3) is 10.9 Å². The van der Waals surface area contributed by atoms with Crippen LogP contribution in [0, 0.1) is 10.1 Å². The van der Waals surface area contributed by atoms with Gasteiger partial charge in [-0.25, -0.2) is 4.98 Å². The second-order valence-corrected chi connectivity index (χ2v) is 7.21. The number of benzene rings is 2. The van der Waals surface area contributed by atoms with E-state index in [2.05, 4.69) is 10.3 Å². The molecule has 0 aliphatic carbocycles. The highest BCUT2D eigenvalue weighted by Crippen LogP contribution is 2.31. The average molecular weight is 408 g/mol. The molecule has 1 atom stereocenters. The molecule has 1 aromatic heterocycles. The van der Waals surface area contributed by atoms with Crippen LogP contribution in [-0.4, -0.2) is 28.2 Å². The number of fused-ring (bicyclic) bond motifs is 1. The van der Waals surface area contributed by atoms with E-state index in [1.807, 2.05) is 0 Å². The lowest BCUT2D eigenvalue weighted by molar-refractivity contribution is -0.384. The largest absolute Gasteiger partial charge is 0.495 e. The van der Waals surface area contributed by atoms with Crippen molar-refractivity contribution in [2.45, 2.75) is 17.4 Å². The maximum atomic E-state index is 12.5. The van der Waals surface area contributed by atoms with E-state index in [9.17, 15) is 14.9 Å². The number of nitrogens with zero attached hydrogens (tertiary/aromatic N) is 2. The number of carbonyl (C=O) groups excluding carboxylic acids is 1. The number of nitro groups is 1. The molecular formula is C17H14ClN3O5S. The molecule has 2 aromatic carbocycles. The minimum Gasteiger partial charge on any atom is -0.495 e. The van der Waals surface area contributed by atoms with Gasteiger partial charge >= 0.3 is 0 Å². The van der Waals surface area contributed by atoms with Gasteiger partial charge in [-0.3, -0.25) is 14.9 Å². The maximum absolute atomic E-state index is 12.5. The summed E-state index contributed by atoms with van der Waals surface area (Å²) in [5, 5.41) is 13.9. The number of hydrogen-bond donors (Lipinski definition) is 1. The average Bonchev–Trinajstić information content (AvgIpc) is 3.02. The molecule has 10 heteroatoms. The number of amides is 1. The van der Waals surface area contributed by atoms with Crippen LogP contribution in [0.4, 0.5) is 11.4 Å². The molecule has 1 amide bonds. The van der Waals surface area contributed by atoms with E-state index in [-0.39, 0.29) is 17.3 Å². The summed E-state index contributed by atoms with van der Waals surface area (Å²) in [6, 6.07) is 9.03. The number of nitrogens with one attached hydrogen (secondary N) is 1. The van der Waals surface area contributed by atoms with E-state index in [4.69, 9.17) is 20.8 Å². The number of anilines is 1. The van der Waals surface area contributed by atoms with Crippen molar-refractivity contribution in [3.8, 4) is 5.75 Å². The van der Waals surface area contributed by atoms with Gasteiger partial charge in [0, 0.05) is 17.2 Å². The first kappa shape index (κ1) is 19.0. The van der Waals surface area contributed by atoms with Crippen molar-refractivity contribution >= 4 is 51.7 Å². The molecule has 0 aliphatic rings. The lowest BCUT2D eigenvalue weighted by atomic mass is 10.2. The molecule has 27 heavy (non-hydrogen) atoms. The predicted molar refractivity (Wildman–Crippen MR) is 103 cm³/mol. The molecule has 1 N–H and O–H groups in total. The number of halogens is 1. The van der Waals surface area contributed by atoms with Gasteiger partial charge in [-0.2, -0.15) is 0 Å². The van der Waals surface area contributed by atoms with Crippen LogP contribution in [0.2, 0.25) is 5.02 Å². The van der Waals surface area contributed by atoms with Gasteiger partial charge < -0.3 is 14.5 Å². The number of methoxy groups -OCH3 is 1. The highest BCUT2D eigenvalue weighted by atomic mass is 35.5. The Kier molecular flexibility index (Phi) is 5.52. The van der Waals surface area contributed by atoms with Crippen LogP contribution in [0.3, 0.4) is 0 Å². The van der Waals surface area contributed by atoms with Crippen molar-refractivity contribution < 1.29 is 18.9 Å². The van der Waals surface area contributed by atoms with Gasteiger partial charge in [-0.05, 0) is 31.2 Å². The normalized spacial score (nSPS) is 12.0. The Bertz CT molecular complexity index is 1020. The Hall–Kier alpha value is -2.78. The topological polar surface area (TPSA) is 108 Å². The zero-order chi connectivity index (χ0) is 19.6. The van der Waals surface area contributed by atoms with Gasteiger partial charge in [-0.15, -0.1) is 0 Å². The standard InChI is InChI=1S/C17H14ClN3O5S/c1-9(27-17-20-12-7-10(18)3-5-15(12)26-17)16(22)19-13-8-11(21(23)24)4-6-14(13)25-2/h3-9H,1-2H3,(H,19,22). The van der Waals surface area contributed by atoms with Gasteiger partial charge in [0.2, 0.25) is 5.91 Å². The number of rotatable bonds is 6. The van der Waals surface area contributed by atoms with E-state index in [0.29, 0.717) is 27.1 Å². The first-order valence-electron chi connectivity index (χ1n) is 7.73. The Labute approximate surface area is 163 Å². The highest BCUT2D eigenvalue weighted by Gasteiger charge is 2.21. The van der Waals surface area contributed by atoms with E-state index < -0.39 is 10.2 Å². The summed E-state index contributed by atoms with van der Waals surface area (Å²) < 4.78 is 10.7. The third-order valence-corrected chi connectivity index (χ3v) is 4.81. The summed E-state index contributed by atoms with van der Waals surface area (Å²) in [6.45, 7) is 1.67. The van der Waals surface area contributed by atoms with Gasteiger partial charge in [-0.1, -0.05) is 23.4 Å². The van der Waals surface area contributed by atoms with Crippen LogP contribution in [0.25, 0.3) is 11.1 Å². The Morgan fingerprint density at radius 3 is 2.85 bits per heavy atom. The molecule has 0 aliphatic heterocycles. The zero-order valence-electron chi connectivity index (χ0n) is 14.3. The molecule has 8 nitrogen and oxygen atoms in total. The lowest BCUT2D eigenvalue weighted by Crippen LogP contribution is -2.22. The molecule has 1 unspecified atom stereocenters. The molecule has 0 radical (unpaired) electrons. The predicted octanol–water partition coefficient (Wildman–Crippen LogP) is 4.52. The molecule has 0 saturated carbocycles. The van der Waals surface area contributed by atoms with E-state index >= 15 is 0 Å². The van der Waals surface area contributed by atoms with Crippen molar-refractivity contribution in [1.29, 1.82) is 0 Å². The fourth-order valence-electron chi connectivity index (χ4n) is 2.28. The summed E-state index contributed by atoms with van der Waals surface area (Å²) >= 11 is 7.04. The van der Waals surface area contributed by atoms with Gasteiger partial charge in [0.1, 0.15) is 11.3 Å². The Morgan fingerprint density at radius 1 is 1.37 bits per heavy atom. The molecular weight excluding hydrogens is 394 g/mol. The summed E-state index contributed by atoms with van der Waals surface area (Å²) in [5.41, 5.74) is 1.23. The molecule has 3 aromatic rings. The maximum Gasteiger partial charge on any atom is 0.271 e. The van der Waals surface area contributed by atoms with E-state index in [0.717, 1.165) is 11.8 Å². The number of aromatic nitrogens is 1. The molecule has 1 heterocycles. The van der Waals surface area contributed by atoms with Gasteiger partial charge in [0.05, 0.1) is 23.0 Å². The minimum atomic E-state index is -0.572. The summed E-state index contributed by atoms with van der Waals surface area (Å²) in [5.74, 6) is -0.0539. The van der Waals surface area contributed by atoms with Crippen molar-refractivity contribution in [2.24, 2.45) is 0 Å². The van der Waals surface area contributed by atoms with E-state index in [1.54, 1.807) is 25.1 Å². The quantitative estimate of drug-likeness (QED) is 0.363. The highest BCUT2D eigenvalue weighted by molar-refractivity contribution is 8.00. The fourth-order valence-corrected chi connectivity index (χ4v) is 3.20. The van der Waals surface area contributed by atoms with Crippen LogP contribution < -0.4 is 10.1 Å². The second kappa shape index (κ2) is 7.85. The van der Waals surface area contributed by atoms with Crippen LogP contribution in [0.5, 0.6) is 5.75 Å². The number of oxazole rings is 1. The number of hydrogen-bond acceptors (Lipinski definition) is 7. The third kappa shape index (κ3) is 4.32. The minimum absolute atomic E-state index is 0.151. The van der Waals surface area contributed by atoms with Crippen LogP contribution in [0.1, 0.15) is 6.92 Å². The third-order valence-electron chi connectivity index (χ3n) is 3.63. The Balaban J connectivity index is 1.75. The second-order valence-electron chi connectivity index (χ2n) is 5.48. The molecule has 0 spiro atoms. The number of nitro benzene ring substituents is 1. The van der Waals surface area contributed by atoms with Crippen LogP contribution in [0.15, 0.2) is 46.0 Å². The van der Waals surface area contributed by atoms with E-state index in [1.165, 1.54) is 25.3 Å². The van der Waals surface area contributed by atoms with Crippen molar-refractivity contribution in [2.75, 3.05) is 12.4 Å². The SMILES string of the molecule is COc1ccc([N+](=O)[O-])cc1NC(=O)C(C)Sc1nc2cc(Cl)ccc2o1. The number of carbonyl (C=O) groups is 1. The molecule has 0 fully saturated rings. The zero-order valence-corrected chi connectivity index (χ0v) is 15.8. The fraction of sp³-hybridized carbons (Fsp3) is 0.176. The first-order chi connectivity index (χ1) is 12.9. The summed E-state index contributed by atoms with van der Waals surface area (Å²) in [6.07, 6.45) is 0. The van der Waals surface area contributed by atoms with Crippen molar-refractivity contribution in [1.82, 2.24) is 4.98 Å². The number of thioether (sulfide) groups is 1. The molecule has 0 saturated heterocycles. The van der Waals surface area contributed by atoms with Crippen LogP contribution in [-0.2, 0) is 4.79 Å². The van der Waals surface area contributed by atoms with Crippen molar-refractivity contribution in [3.05, 3.63) is 51.5 Å². The van der Waals surface area contributed by atoms with Crippen molar-refractivity contribution in [3.63, 3.8) is 0 Å². The van der Waals surface area contributed by atoms with Crippen LogP contribution >= 0.6 is 23.4 Å². The molecule has 140 valence electrons. The Morgan fingerprint density at radius 2 is 2.15 bits per heavy atom. The number of non-ortho nitro benzene ring substituents is 1. The summed E-state index contributed by atoms with van der Waals surface area (Å²) in [4.78, 5) is 27.2. The molecule has 0 bridgehead atoms. The van der Waals surface area contributed by atoms with Gasteiger partial charge in [0.15, 0.2) is 5.58 Å². The monoisotopic (exact) mass is 407 g/mol.